The van der Waals surface area contributed by atoms with E-state index in [9.17, 15) is 9.59 Å². The molecule has 0 aromatic carbocycles. The zero-order valence-electron chi connectivity index (χ0n) is 7.47. The Hall–Kier alpha value is -1.36. The molecule has 1 aliphatic heterocycles. The summed E-state index contributed by atoms with van der Waals surface area (Å²) in [6.45, 7) is 0. The molecule has 2 heterocycles. The van der Waals surface area contributed by atoms with E-state index < -0.39 is 0 Å². The van der Waals surface area contributed by atoms with Gasteiger partial charge in [0, 0.05) is 12.3 Å². The highest BCUT2D eigenvalue weighted by Crippen LogP contribution is 2.48. The highest BCUT2D eigenvalue weighted by atomic mass is 16.5. The molecule has 0 amide bonds. The van der Waals surface area contributed by atoms with Crippen molar-refractivity contribution >= 4 is 0 Å². The van der Waals surface area contributed by atoms with Gasteiger partial charge in [0.1, 0.15) is 6.23 Å². The van der Waals surface area contributed by atoms with E-state index in [1.54, 1.807) is 0 Å². The van der Waals surface area contributed by atoms with Crippen LogP contribution in [0.25, 0.3) is 0 Å². The maximum Gasteiger partial charge on any atom is 0.330 e. The Morgan fingerprint density at radius 1 is 1.43 bits per heavy atom. The molecular formula is C9H10N2O3. The molecule has 5 nitrogen and oxygen atoms in total. The molecule has 1 N–H and O–H groups in total. The molecule has 0 bridgehead atoms. The van der Waals surface area contributed by atoms with E-state index in [2.05, 4.69) is 4.98 Å². The fraction of sp³-hybridized carbons (Fsp3) is 0.556. The van der Waals surface area contributed by atoms with Crippen LogP contribution in [0.5, 0.6) is 0 Å². The van der Waals surface area contributed by atoms with Crippen molar-refractivity contribution in [1.82, 2.24) is 9.55 Å². The molecule has 1 saturated heterocycles. The second kappa shape index (κ2) is 2.57. The van der Waals surface area contributed by atoms with Crippen LogP contribution in [0.1, 0.15) is 19.1 Å². The van der Waals surface area contributed by atoms with Crippen LogP contribution < -0.4 is 11.2 Å². The first-order valence-electron chi connectivity index (χ1n) is 4.71. The van der Waals surface area contributed by atoms with E-state index in [-0.39, 0.29) is 17.5 Å². The summed E-state index contributed by atoms with van der Waals surface area (Å²) in [5, 5.41) is 0. The number of fused-ring (bicyclic) bond motifs is 1. The predicted molar refractivity (Wildman–Crippen MR) is 48.0 cm³/mol. The van der Waals surface area contributed by atoms with Crippen LogP contribution in [-0.4, -0.2) is 15.7 Å². The molecule has 1 aliphatic carbocycles. The molecule has 1 aromatic rings. The molecule has 1 saturated carbocycles. The molecule has 1 aromatic heterocycles. The molecule has 74 valence electrons. The standard InChI is InChI=1S/C9H10N2O3/c12-7-1-2-11(9(13)10-7)8-4-5-3-6(5)14-8/h1-2,5-6,8H,3-4H2,(H,10,12,13). The minimum atomic E-state index is -0.385. The van der Waals surface area contributed by atoms with Crippen molar-refractivity contribution in [3.8, 4) is 0 Å². The summed E-state index contributed by atoms with van der Waals surface area (Å²) in [6, 6.07) is 1.34. The second-order valence-corrected chi connectivity index (χ2v) is 3.88. The molecule has 2 fully saturated rings. The van der Waals surface area contributed by atoms with Gasteiger partial charge in [-0.1, -0.05) is 0 Å². The molecule has 5 heteroatoms. The molecule has 3 rings (SSSR count). The van der Waals surface area contributed by atoms with Crippen LogP contribution >= 0.6 is 0 Å². The van der Waals surface area contributed by atoms with Gasteiger partial charge in [0.2, 0.25) is 0 Å². The molecule has 0 radical (unpaired) electrons. The summed E-state index contributed by atoms with van der Waals surface area (Å²) in [5.41, 5.74) is -0.752. The molecular weight excluding hydrogens is 184 g/mol. The summed E-state index contributed by atoms with van der Waals surface area (Å²) in [6.07, 6.45) is 3.67. The first-order chi connectivity index (χ1) is 6.74. The van der Waals surface area contributed by atoms with Gasteiger partial charge in [-0.15, -0.1) is 0 Å². The summed E-state index contributed by atoms with van der Waals surface area (Å²) in [7, 11) is 0. The molecule has 0 spiro atoms. The summed E-state index contributed by atoms with van der Waals surface area (Å²) in [4.78, 5) is 24.4. The fourth-order valence-corrected chi connectivity index (χ4v) is 1.98. The Kier molecular flexibility index (Phi) is 1.47. The third-order valence-corrected chi connectivity index (χ3v) is 2.86. The van der Waals surface area contributed by atoms with Crippen molar-refractivity contribution < 1.29 is 4.74 Å². The number of ether oxygens (including phenoxy) is 1. The van der Waals surface area contributed by atoms with Gasteiger partial charge in [-0.25, -0.2) is 4.79 Å². The largest absolute Gasteiger partial charge is 0.354 e. The zero-order valence-corrected chi connectivity index (χ0v) is 7.47. The first-order valence-corrected chi connectivity index (χ1v) is 4.71. The molecule has 2 aliphatic rings. The summed E-state index contributed by atoms with van der Waals surface area (Å²) >= 11 is 0. The van der Waals surface area contributed by atoms with Crippen LogP contribution in [0.3, 0.4) is 0 Å². The summed E-state index contributed by atoms with van der Waals surface area (Å²) < 4.78 is 7.03. The van der Waals surface area contributed by atoms with Gasteiger partial charge in [-0.05, 0) is 18.8 Å². The van der Waals surface area contributed by atoms with Gasteiger partial charge in [0.15, 0.2) is 0 Å². The van der Waals surface area contributed by atoms with Crippen molar-refractivity contribution in [1.29, 1.82) is 0 Å². The lowest BCUT2D eigenvalue weighted by atomic mass is 10.3. The lowest BCUT2D eigenvalue weighted by Crippen LogP contribution is -2.31. The number of nitrogens with one attached hydrogen (secondary N) is 1. The monoisotopic (exact) mass is 194 g/mol. The lowest BCUT2D eigenvalue weighted by molar-refractivity contribution is 0.0190. The quantitative estimate of drug-likeness (QED) is 0.675. The van der Waals surface area contributed by atoms with Gasteiger partial charge in [-0.2, -0.15) is 0 Å². The average molecular weight is 194 g/mol. The summed E-state index contributed by atoms with van der Waals surface area (Å²) in [5.74, 6) is 0.624. The number of hydrogen-bond donors (Lipinski definition) is 1. The third kappa shape index (κ3) is 1.13. The number of aromatic nitrogens is 2. The minimum absolute atomic E-state index is 0.178. The van der Waals surface area contributed by atoms with E-state index in [0.29, 0.717) is 12.0 Å². The number of rotatable bonds is 1. The first kappa shape index (κ1) is 7.99. The Morgan fingerprint density at radius 3 is 2.93 bits per heavy atom. The van der Waals surface area contributed by atoms with Crippen molar-refractivity contribution in [2.45, 2.75) is 25.2 Å². The van der Waals surface area contributed by atoms with Gasteiger partial charge >= 0.3 is 5.69 Å². The van der Waals surface area contributed by atoms with Crippen LogP contribution in [-0.2, 0) is 4.74 Å². The Balaban J connectivity index is 1.96. The highest BCUT2D eigenvalue weighted by Gasteiger charge is 2.48. The average Bonchev–Trinajstić information content (AvgIpc) is 2.74. The van der Waals surface area contributed by atoms with Crippen molar-refractivity contribution in [3.05, 3.63) is 33.1 Å². The minimum Gasteiger partial charge on any atom is -0.354 e. The van der Waals surface area contributed by atoms with E-state index in [1.807, 2.05) is 0 Å². The second-order valence-electron chi connectivity index (χ2n) is 3.88. The molecule has 3 atom stereocenters. The maximum absolute atomic E-state index is 11.4. The van der Waals surface area contributed by atoms with Crippen molar-refractivity contribution in [2.24, 2.45) is 5.92 Å². The Labute approximate surface area is 79.3 Å². The molecule has 14 heavy (non-hydrogen) atoms. The van der Waals surface area contributed by atoms with Crippen molar-refractivity contribution in [2.75, 3.05) is 0 Å². The fourth-order valence-electron chi connectivity index (χ4n) is 1.98. The number of aromatic amines is 1. The van der Waals surface area contributed by atoms with Crippen LogP contribution in [0, 0.1) is 5.92 Å². The Bertz CT molecular complexity index is 465. The number of H-pyrrole nitrogens is 1. The third-order valence-electron chi connectivity index (χ3n) is 2.86. The van der Waals surface area contributed by atoms with E-state index in [1.165, 1.54) is 16.8 Å². The maximum atomic E-state index is 11.4. The van der Waals surface area contributed by atoms with Gasteiger partial charge in [0.25, 0.3) is 5.56 Å². The smallest absolute Gasteiger partial charge is 0.330 e. The van der Waals surface area contributed by atoms with Gasteiger partial charge in [0.05, 0.1) is 6.10 Å². The van der Waals surface area contributed by atoms with Crippen molar-refractivity contribution in [3.63, 3.8) is 0 Å². The topological polar surface area (TPSA) is 64.1 Å². The molecule has 3 unspecified atom stereocenters. The van der Waals surface area contributed by atoms with E-state index in [4.69, 9.17) is 4.74 Å². The normalized spacial score (nSPS) is 34.1. The lowest BCUT2D eigenvalue weighted by Gasteiger charge is -2.14. The predicted octanol–water partition coefficient (Wildman–Crippen LogP) is -0.156. The highest BCUT2D eigenvalue weighted by molar-refractivity contribution is 4.96. The van der Waals surface area contributed by atoms with E-state index >= 15 is 0 Å². The van der Waals surface area contributed by atoms with Gasteiger partial charge < -0.3 is 4.74 Å². The van der Waals surface area contributed by atoms with E-state index in [0.717, 1.165) is 12.8 Å². The SMILES string of the molecule is O=c1ccn(C2CC3CC3O2)c(=O)[nH]1. The van der Waals surface area contributed by atoms with Crippen LogP contribution in [0.15, 0.2) is 21.9 Å². The zero-order chi connectivity index (χ0) is 9.71. The number of hydrogen-bond acceptors (Lipinski definition) is 3. The van der Waals surface area contributed by atoms with Crippen LogP contribution in [0.4, 0.5) is 0 Å². The number of nitrogens with zero attached hydrogens (tertiary/aromatic N) is 1. The Morgan fingerprint density at radius 2 is 2.29 bits per heavy atom. The van der Waals surface area contributed by atoms with Crippen LogP contribution in [0.2, 0.25) is 0 Å². The van der Waals surface area contributed by atoms with Gasteiger partial charge in [-0.3, -0.25) is 14.3 Å².